The van der Waals surface area contributed by atoms with Gasteiger partial charge in [0, 0.05) is 55.0 Å². The summed E-state index contributed by atoms with van der Waals surface area (Å²) in [7, 11) is 0.339. The standard InChI is InChI=1S/C38H55F5N2O4S/c1-36-17-13-31-30-10-9-29(49-35(46)45-20-14-28(15-21-45)44-18-4-3-5-19-44)25-27(30)24-26(34(31)32(36)11-12-33(36)48-2)8-6-22-50(47)23-7-16-37(39,40)38(41,42)43/h9-10,25-26,28,31-34H,3-8,11-24H2,1-2H3/t26-,31-,32+,33+,34-,36+,50?/m1/s1. The Morgan fingerprint density at radius 3 is 2.38 bits per heavy atom. The minimum atomic E-state index is -5.58. The van der Waals surface area contributed by atoms with E-state index in [0.717, 1.165) is 64.5 Å². The zero-order valence-electron chi connectivity index (χ0n) is 29.7. The lowest BCUT2D eigenvalue weighted by Crippen LogP contribution is -2.48. The smallest absolute Gasteiger partial charge is 0.410 e. The molecule has 0 aromatic heterocycles. The second-order valence-corrected chi connectivity index (χ2v) is 17.6. The molecule has 6 nitrogen and oxygen atoms in total. The van der Waals surface area contributed by atoms with E-state index in [1.165, 1.54) is 30.4 Å². The normalized spacial score (nSPS) is 31.5. The van der Waals surface area contributed by atoms with Crippen LogP contribution in [0.1, 0.15) is 107 Å². The number of likely N-dealkylation sites (tertiary alicyclic amines) is 2. The summed E-state index contributed by atoms with van der Waals surface area (Å²) in [6.45, 7) is 6.08. The summed E-state index contributed by atoms with van der Waals surface area (Å²) in [5.74, 6) is -2.54. The molecular weight excluding hydrogens is 675 g/mol. The van der Waals surface area contributed by atoms with Crippen LogP contribution < -0.4 is 4.74 Å². The summed E-state index contributed by atoms with van der Waals surface area (Å²) >= 11 is 0. The van der Waals surface area contributed by atoms with Gasteiger partial charge in [0.05, 0.1) is 6.10 Å². The van der Waals surface area contributed by atoms with Crippen LogP contribution in [0.5, 0.6) is 5.75 Å². The van der Waals surface area contributed by atoms with Crippen molar-refractivity contribution < 1.29 is 40.4 Å². The number of methoxy groups -OCH3 is 1. The third-order valence-corrected chi connectivity index (χ3v) is 14.6. The molecule has 12 heteroatoms. The molecule has 0 radical (unpaired) electrons. The van der Waals surface area contributed by atoms with Crippen LogP contribution in [0.15, 0.2) is 18.2 Å². The van der Waals surface area contributed by atoms with Crippen LogP contribution in [0, 0.1) is 23.2 Å². The number of piperidine rings is 2. The fraction of sp³-hybridized carbons (Fsp3) is 0.816. The number of benzene rings is 1. The zero-order chi connectivity index (χ0) is 35.7. The van der Waals surface area contributed by atoms with Crippen LogP contribution in [-0.2, 0) is 22.0 Å². The maximum absolute atomic E-state index is 13.4. The molecule has 5 aliphatic rings. The molecule has 50 heavy (non-hydrogen) atoms. The van der Waals surface area contributed by atoms with Crippen LogP contribution in [0.4, 0.5) is 26.7 Å². The van der Waals surface area contributed by atoms with Crippen LogP contribution in [0.2, 0.25) is 0 Å². The maximum Gasteiger partial charge on any atom is 0.453 e. The molecule has 282 valence electrons. The van der Waals surface area contributed by atoms with E-state index in [4.69, 9.17) is 9.47 Å². The highest BCUT2D eigenvalue weighted by Crippen LogP contribution is 2.63. The fourth-order valence-electron chi connectivity index (χ4n) is 10.5. The SMILES string of the molecule is CO[C@H]1CC[C@H]2[C@@H]3[C@H](CCCS(=O)CCCC(F)(F)C(F)(F)F)Cc4cc(OC(=O)N5CCC(N6CCCCC6)CC5)ccc4[C@H]3CC[C@]12C. The topological polar surface area (TPSA) is 59.1 Å². The highest BCUT2D eigenvalue weighted by molar-refractivity contribution is 7.84. The van der Waals surface area contributed by atoms with Crippen molar-refractivity contribution in [1.82, 2.24) is 9.80 Å². The first-order valence-electron chi connectivity index (χ1n) is 19.0. The Balaban J connectivity index is 1.10. The minimum Gasteiger partial charge on any atom is -0.410 e. The summed E-state index contributed by atoms with van der Waals surface area (Å²) in [6.07, 6.45) is 4.76. The third kappa shape index (κ3) is 8.07. The second-order valence-electron chi connectivity index (χ2n) is 15.9. The van der Waals surface area contributed by atoms with Crippen molar-refractivity contribution in [3.8, 4) is 5.75 Å². The van der Waals surface area contributed by atoms with Gasteiger partial charge in [-0.3, -0.25) is 4.21 Å². The van der Waals surface area contributed by atoms with Gasteiger partial charge in [-0.05, 0) is 142 Å². The minimum absolute atomic E-state index is 0.0785. The summed E-state index contributed by atoms with van der Waals surface area (Å²) in [5, 5.41) is 0. The number of ether oxygens (including phenoxy) is 2. The van der Waals surface area contributed by atoms with Gasteiger partial charge >= 0.3 is 18.2 Å². The van der Waals surface area contributed by atoms with Gasteiger partial charge in [-0.2, -0.15) is 22.0 Å². The molecule has 2 heterocycles. The number of carbonyl (C=O) groups is 1. The number of amides is 1. The monoisotopic (exact) mass is 730 g/mol. The Morgan fingerprint density at radius 2 is 1.68 bits per heavy atom. The van der Waals surface area contributed by atoms with Crippen LogP contribution in [0.25, 0.3) is 0 Å². The largest absolute Gasteiger partial charge is 0.453 e. The number of carbonyl (C=O) groups excluding carboxylic acids is 1. The van der Waals surface area contributed by atoms with Gasteiger partial charge in [-0.25, -0.2) is 4.79 Å². The molecule has 1 aromatic rings. The van der Waals surface area contributed by atoms with Crippen molar-refractivity contribution in [3.05, 3.63) is 29.3 Å². The highest BCUT2D eigenvalue weighted by Gasteiger charge is 2.58. The van der Waals surface area contributed by atoms with Crippen molar-refractivity contribution in [2.45, 2.75) is 127 Å². The van der Waals surface area contributed by atoms with Crippen molar-refractivity contribution in [2.75, 3.05) is 44.8 Å². The van der Waals surface area contributed by atoms with Crippen molar-refractivity contribution in [3.63, 3.8) is 0 Å². The van der Waals surface area contributed by atoms with Gasteiger partial charge in [0.1, 0.15) is 5.75 Å². The predicted octanol–water partition coefficient (Wildman–Crippen LogP) is 8.74. The highest BCUT2D eigenvalue weighted by atomic mass is 32.2. The molecule has 0 bridgehead atoms. The molecule has 2 aliphatic heterocycles. The van der Waals surface area contributed by atoms with Crippen LogP contribution in [-0.4, -0.2) is 89.1 Å². The van der Waals surface area contributed by atoms with Crippen molar-refractivity contribution in [2.24, 2.45) is 23.2 Å². The Bertz CT molecular complexity index is 1350. The van der Waals surface area contributed by atoms with Gasteiger partial charge in [0.2, 0.25) is 0 Å². The van der Waals surface area contributed by atoms with Crippen molar-refractivity contribution in [1.29, 1.82) is 0 Å². The van der Waals surface area contributed by atoms with E-state index in [0.29, 0.717) is 55.0 Å². The Hall–Kier alpha value is -1.79. The molecule has 7 atom stereocenters. The summed E-state index contributed by atoms with van der Waals surface area (Å²) < 4.78 is 89.0. The van der Waals surface area contributed by atoms with E-state index in [2.05, 4.69) is 17.9 Å². The molecular formula is C38H55F5N2O4S. The summed E-state index contributed by atoms with van der Waals surface area (Å²) in [6, 6.07) is 6.68. The Morgan fingerprint density at radius 1 is 0.960 bits per heavy atom. The number of nitrogens with zero attached hydrogens (tertiary/aromatic N) is 2. The van der Waals surface area contributed by atoms with Crippen LogP contribution >= 0.6 is 0 Å². The first-order valence-corrected chi connectivity index (χ1v) is 20.5. The Kier molecular flexibility index (Phi) is 11.9. The maximum atomic E-state index is 13.4. The average Bonchev–Trinajstić information content (AvgIpc) is 3.44. The lowest BCUT2D eigenvalue weighted by molar-refractivity contribution is -0.284. The first kappa shape index (κ1) is 38.0. The Labute approximate surface area is 296 Å². The predicted molar refractivity (Wildman–Crippen MR) is 184 cm³/mol. The number of hydrogen-bond acceptors (Lipinski definition) is 5. The first-order chi connectivity index (χ1) is 23.8. The van der Waals surface area contributed by atoms with E-state index in [1.54, 1.807) is 7.11 Å². The van der Waals surface area contributed by atoms with E-state index < -0.39 is 35.7 Å². The van der Waals surface area contributed by atoms with Gasteiger partial charge < -0.3 is 19.3 Å². The zero-order valence-corrected chi connectivity index (χ0v) is 30.5. The number of rotatable bonds is 11. The number of fused-ring (bicyclic) bond motifs is 5. The van der Waals surface area contributed by atoms with Gasteiger partial charge in [-0.15, -0.1) is 0 Å². The van der Waals surface area contributed by atoms with Gasteiger partial charge in [0.25, 0.3) is 0 Å². The van der Waals surface area contributed by atoms with Crippen molar-refractivity contribution >= 4 is 16.9 Å². The van der Waals surface area contributed by atoms with Crippen LogP contribution in [0.3, 0.4) is 0 Å². The lowest BCUT2D eigenvalue weighted by atomic mass is 9.52. The second kappa shape index (κ2) is 15.7. The third-order valence-electron chi connectivity index (χ3n) is 13.1. The average molecular weight is 731 g/mol. The molecule has 2 saturated carbocycles. The molecule has 0 N–H and O–H groups in total. The molecule has 1 aromatic carbocycles. The van der Waals surface area contributed by atoms with Gasteiger partial charge in [-0.1, -0.05) is 19.4 Å². The molecule has 4 fully saturated rings. The molecule has 0 spiro atoms. The molecule has 2 saturated heterocycles. The van der Waals surface area contributed by atoms with E-state index in [9.17, 15) is 31.0 Å². The fourth-order valence-corrected chi connectivity index (χ4v) is 11.7. The van der Waals surface area contributed by atoms with Gasteiger partial charge in [0.15, 0.2) is 0 Å². The number of halogens is 5. The molecule has 1 amide bonds. The molecule has 1 unspecified atom stereocenters. The quantitative estimate of drug-likeness (QED) is 0.213. The number of hydrogen-bond donors (Lipinski definition) is 0. The number of alkyl halides is 5. The van der Waals surface area contributed by atoms with E-state index in [1.807, 2.05) is 17.0 Å². The lowest BCUT2D eigenvalue weighted by Gasteiger charge is -2.53. The molecule has 6 rings (SSSR count). The summed E-state index contributed by atoms with van der Waals surface area (Å²) in [5.41, 5.74) is 2.59. The van der Waals surface area contributed by atoms with E-state index >= 15 is 0 Å². The molecule has 3 aliphatic carbocycles. The summed E-state index contributed by atoms with van der Waals surface area (Å²) in [4.78, 5) is 17.7. The van der Waals surface area contributed by atoms with E-state index in [-0.39, 0.29) is 29.1 Å².